The number of ether oxygens (including phenoxy) is 2. The Morgan fingerprint density at radius 2 is 1.75 bits per heavy atom. The predicted octanol–water partition coefficient (Wildman–Crippen LogP) is -0.193. The third-order valence-corrected chi connectivity index (χ3v) is 5.21. The maximum absolute atomic E-state index is 12.6. The second kappa shape index (κ2) is 12.3. The van der Waals surface area contributed by atoms with E-state index in [0.717, 1.165) is 7.11 Å². The predicted molar refractivity (Wildman–Crippen MR) is 115 cm³/mol. The molecule has 3 N–H and O–H groups in total. The molecule has 10 nitrogen and oxygen atoms in total. The van der Waals surface area contributed by atoms with Gasteiger partial charge in [-0.3, -0.25) is 19.3 Å². The molecule has 32 heavy (non-hydrogen) atoms. The summed E-state index contributed by atoms with van der Waals surface area (Å²) in [5, 5.41) is 15.7. The van der Waals surface area contributed by atoms with E-state index in [2.05, 4.69) is 10.6 Å². The second-order valence-electron chi connectivity index (χ2n) is 7.53. The fraction of sp³-hybridized carbons (Fsp3) is 0.545. The largest absolute Gasteiger partial charge is 0.467 e. The molecule has 1 aromatic carbocycles. The molecule has 0 bridgehead atoms. The van der Waals surface area contributed by atoms with Crippen LogP contribution >= 0.6 is 0 Å². The zero-order chi connectivity index (χ0) is 23.7. The van der Waals surface area contributed by atoms with Gasteiger partial charge in [0.15, 0.2) is 11.8 Å². The van der Waals surface area contributed by atoms with E-state index < -0.39 is 30.1 Å². The van der Waals surface area contributed by atoms with Crippen molar-refractivity contribution < 1.29 is 33.8 Å². The quantitative estimate of drug-likeness (QED) is 0.331. The van der Waals surface area contributed by atoms with Crippen LogP contribution in [0.1, 0.15) is 42.3 Å². The molecule has 10 heteroatoms. The monoisotopic (exact) mass is 449 g/mol. The number of carbonyl (C=O) groups excluding carboxylic acids is 4. The van der Waals surface area contributed by atoms with Gasteiger partial charge in [-0.1, -0.05) is 31.2 Å². The summed E-state index contributed by atoms with van der Waals surface area (Å²) in [7, 11) is 1.14. The number of aliphatic hydroxyl groups is 1. The standard InChI is InChI=1S/C22H31N3O7/c1-4-17(26)15-5-7-16(8-6-15)20(28)19(22(30)31-3)24-21(29)14(2)23-18(27)13-25-9-11-32-12-10-25/h5-8,14,19-20,28H,4,9-13H2,1-3H3,(H,23,27)(H,24,29)/t14-,19-,20+/m0/s1. The molecular formula is C22H31N3O7. The number of morpholine rings is 1. The van der Waals surface area contributed by atoms with Crippen LogP contribution in [-0.4, -0.2) is 85.6 Å². The molecule has 1 fully saturated rings. The minimum absolute atomic E-state index is 0.0505. The number of amides is 2. The number of Topliss-reactive ketones (excluding diaryl/α,β-unsaturated/α-hetero) is 1. The van der Waals surface area contributed by atoms with Gasteiger partial charge < -0.3 is 25.2 Å². The van der Waals surface area contributed by atoms with Crippen molar-refractivity contribution in [2.24, 2.45) is 0 Å². The van der Waals surface area contributed by atoms with Crippen molar-refractivity contribution in [2.45, 2.75) is 38.5 Å². The molecule has 1 aliphatic rings. The highest BCUT2D eigenvalue weighted by Gasteiger charge is 2.32. The lowest BCUT2D eigenvalue weighted by Gasteiger charge is -2.27. The molecule has 3 atom stereocenters. The zero-order valence-electron chi connectivity index (χ0n) is 18.6. The summed E-state index contributed by atoms with van der Waals surface area (Å²) < 4.78 is 9.96. The second-order valence-corrected chi connectivity index (χ2v) is 7.53. The van der Waals surface area contributed by atoms with Crippen LogP contribution in [0.3, 0.4) is 0 Å². The van der Waals surface area contributed by atoms with Crippen LogP contribution in [0.25, 0.3) is 0 Å². The van der Waals surface area contributed by atoms with Gasteiger partial charge in [-0.05, 0) is 12.5 Å². The number of methoxy groups -OCH3 is 1. The minimum Gasteiger partial charge on any atom is -0.467 e. The number of nitrogens with zero attached hydrogens (tertiary/aromatic N) is 1. The molecule has 0 aliphatic carbocycles. The normalized spacial score (nSPS) is 17.0. The van der Waals surface area contributed by atoms with Crippen LogP contribution < -0.4 is 10.6 Å². The number of carbonyl (C=O) groups is 4. The Balaban J connectivity index is 2.00. The van der Waals surface area contributed by atoms with E-state index in [4.69, 9.17) is 9.47 Å². The van der Waals surface area contributed by atoms with Crippen LogP contribution in [0, 0.1) is 0 Å². The molecule has 0 spiro atoms. The molecule has 1 aliphatic heterocycles. The van der Waals surface area contributed by atoms with E-state index in [-0.39, 0.29) is 18.2 Å². The van der Waals surface area contributed by atoms with Crippen molar-refractivity contribution in [3.8, 4) is 0 Å². The topological polar surface area (TPSA) is 134 Å². The maximum atomic E-state index is 12.6. The summed E-state index contributed by atoms with van der Waals surface area (Å²) in [6.45, 7) is 5.73. The summed E-state index contributed by atoms with van der Waals surface area (Å²) in [5.41, 5.74) is 0.816. The van der Waals surface area contributed by atoms with E-state index in [1.54, 1.807) is 19.1 Å². The van der Waals surface area contributed by atoms with Crippen molar-refractivity contribution in [2.75, 3.05) is 40.0 Å². The van der Waals surface area contributed by atoms with Gasteiger partial charge in [-0.15, -0.1) is 0 Å². The average molecular weight is 450 g/mol. The van der Waals surface area contributed by atoms with Gasteiger partial charge >= 0.3 is 5.97 Å². The lowest BCUT2D eigenvalue weighted by atomic mass is 9.99. The highest BCUT2D eigenvalue weighted by Crippen LogP contribution is 2.19. The summed E-state index contributed by atoms with van der Waals surface area (Å²) in [4.78, 5) is 50.8. The van der Waals surface area contributed by atoms with Gasteiger partial charge in [0.1, 0.15) is 12.1 Å². The van der Waals surface area contributed by atoms with Crippen molar-refractivity contribution in [3.05, 3.63) is 35.4 Å². The van der Waals surface area contributed by atoms with Crippen molar-refractivity contribution in [1.29, 1.82) is 0 Å². The van der Waals surface area contributed by atoms with Gasteiger partial charge in [0.2, 0.25) is 11.8 Å². The first-order chi connectivity index (χ1) is 15.3. The Morgan fingerprint density at radius 1 is 1.12 bits per heavy atom. The Hall–Kier alpha value is -2.82. The fourth-order valence-corrected chi connectivity index (χ4v) is 3.25. The van der Waals surface area contributed by atoms with Gasteiger partial charge in [-0.2, -0.15) is 0 Å². The molecule has 0 saturated carbocycles. The summed E-state index contributed by atoms with van der Waals surface area (Å²) >= 11 is 0. The molecule has 0 unspecified atom stereocenters. The smallest absolute Gasteiger partial charge is 0.331 e. The first-order valence-electron chi connectivity index (χ1n) is 10.6. The average Bonchev–Trinajstić information content (AvgIpc) is 2.81. The molecule has 2 amide bonds. The maximum Gasteiger partial charge on any atom is 0.331 e. The third-order valence-electron chi connectivity index (χ3n) is 5.21. The van der Waals surface area contributed by atoms with Crippen molar-refractivity contribution in [1.82, 2.24) is 15.5 Å². The minimum atomic E-state index is -1.41. The van der Waals surface area contributed by atoms with E-state index in [9.17, 15) is 24.3 Å². The fourth-order valence-electron chi connectivity index (χ4n) is 3.25. The van der Waals surface area contributed by atoms with E-state index in [1.165, 1.54) is 19.1 Å². The van der Waals surface area contributed by atoms with Crippen LogP contribution in [0.4, 0.5) is 0 Å². The molecule has 0 radical (unpaired) electrons. The van der Waals surface area contributed by atoms with Gasteiger partial charge in [0.05, 0.1) is 26.9 Å². The van der Waals surface area contributed by atoms with Crippen LogP contribution in [-0.2, 0) is 23.9 Å². The molecule has 1 saturated heterocycles. The lowest BCUT2D eigenvalue weighted by molar-refractivity contribution is -0.148. The van der Waals surface area contributed by atoms with E-state index in [0.29, 0.717) is 43.9 Å². The number of nitrogens with one attached hydrogen (secondary N) is 2. The Morgan fingerprint density at radius 3 is 2.31 bits per heavy atom. The molecule has 176 valence electrons. The number of esters is 1. The van der Waals surface area contributed by atoms with Gasteiger partial charge in [-0.25, -0.2) is 4.79 Å². The first-order valence-corrected chi connectivity index (χ1v) is 10.6. The number of ketones is 1. The van der Waals surface area contributed by atoms with Crippen LogP contribution in [0.15, 0.2) is 24.3 Å². The Bertz CT molecular complexity index is 806. The molecule has 0 aromatic heterocycles. The summed E-state index contributed by atoms with van der Waals surface area (Å²) in [6, 6.07) is 3.81. The lowest BCUT2D eigenvalue weighted by Crippen LogP contribution is -2.54. The number of rotatable bonds is 10. The van der Waals surface area contributed by atoms with Gasteiger partial charge in [0.25, 0.3) is 0 Å². The van der Waals surface area contributed by atoms with Crippen LogP contribution in [0.2, 0.25) is 0 Å². The highest BCUT2D eigenvalue weighted by atomic mass is 16.5. The number of aliphatic hydroxyl groups excluding tert-OH is 1. The first kappa shape index (κ1) is 25.4. The van der Waals surface area contributed by atoms with E-state index in [1.807, 2.05) is 4.90 Å². The Labute approximate surface area is 187 Å². The molecule has 1 heterocycles. The summed E-state index contributed by atoms with van der Waals surface area (Å²) in [5.74, 6) is -1.87. The number of hydrogen-bond donors (Lipinski definition) is 3. The molecular weight excluding hydrogens is 418 g/mol. The number of benzene rings is 1. The highest BCUT2D eigenvalue weighted by molar-refractivity contribution is 5.96. The van der Waals surface area contributed by atoms with E-state index >= 15 is 0 Å². The third kappa shape index (κ3) is 7.11. The zero-order valence-corrected chi connectivity index (χ0v) is 18.6. The van der Waals surface area contributed by atoms with Crippen LogP contribution in [0.5, 0.6) is 0 Å². The summed E-state index contributed by atoms with van der Waals surface area (Å²) in [6.07, 6.45) is -1.06. The molecule has 1 aromatic rings. The molecule has 2 rings (SSSR count). The van der Waals surface area contributed by atoms with Crippen molar-refractivity contribution >= 4 is 23.6 Å². The van der Waals surface area contributed by atoms with Gasteiger partial charge in [0, 0.05) is 25.1 Å². The van der Waals surface area contributed by atoms with Crippen molar-refractivity contribution in [3.63, 3.8) is 0 Å². The Kier molecular flexibility index (Phi) is 9.76. The SMILES string of the molecule is CCC(=O)c1ccc([C@@H](O)[C@H](NC(=O)[C@H](C)NC(=O)CN2CCOCC2)C(=O)OC)cc1. The number of hydrogen-bond acceptors (Lipinski definition) is 8.